The first kappa shape index (κ1) is 18.7. The van der Waals surface area contributed by atoms with Crippen LogP contribution < -0.4 is 10.1 Å². The predicted octanol–water partition coefficient (Wildman–Crippen LogP) is 1.28. The van der Waals surface area contributed by atoms with Gasteiger partial charge in [-0.15, -0.1) is 0 Å². The highest BCUT2D eigenvalue weighted by molar-refractivity contribution is 5.71. The molecule has 24 heavy (non-hydrogen) atoms. The van der Waals surface area contributed by atoms with Crippen LogP contribution in [0.15, 0.2) is 12.1 Å². The summed E-state index contributed by atoms with van der Waals surface area (Å²) in [5.74, 6) is 0.374. The number of aryl methyl sites for hydroxylation is 2. The van der Waals surface area contributed by atoms with Gasteiger partial charge >= 0.3 is 5.97 Å². The molecular formula is C18H28N2O4. The van der Waals surface area contributed by atoms with Gasteiger partial charge in [0.1, 0.15) is 5.75 Å². The quantitative estimate of drug-likeness (QED) is 0.757. The first-order valence-electron chi connectivity index (χ1n) is 8.30. The summed E-state index contributed by atoms with van der Waals surface area (Å²) < 4.78 is 15.9. The summed E-state index contributed by atoms with van der Waals surface area (Å²) >= 11 is 0. The summed E-state index contributed by atoms with van der Waals surface area (Å²) in [5, 5.41) is 3.46. The van der Waals surface area contributed by atoms with Crippen molar-refractivity contribution < 1.29 is 19.0 Å². The number of nitrogens with one attached hydrogen (secondary N) is 1. The van der Waals surface area contributed by atoms with Crippen molar-refractivity contribution in [1.82, 2.24) is 10.2 Å². The van der Waals surface area contributed by atoms with Crippen molar-refractivity contribution >= 4 is 5.97 Å². The molecule has 6 nitrogen and oxygen atoms in total. The Morgan fingerprint density at radius 2 is 2.08 bits per heavy atom. The predicted molar refractivity (Wildman–Crippen MR) is 92.4 cm³/mol. The molecule has 1 saturated heterocycles. The maximum absolute atomic E-state index is 11.2. The molecule has 1 atom stereocenters. The zero-order valence-corrected chi connectivity index (χ0v) is 15.1. The molecule has 0 amide bonds. The lowest BCUT2D eigenvalue weighted by atomic mass is 10.1. The van der Waals surface area contributed by atoms with Crippen molar-refractivity contribution in [1.29, 1.82) is 0 Å². The van der Waals surface area contributed by atoms with Gasteiger partial charge in [0, 0.05) is 26.2 Å². The number of benzene rings is 1. The van der Waals surface area contributed by atoms with Crippen LogP contribution in [0.4, 0.5) is 0 Å². The number of carbonyl (C=O) groups is 1. The van der Waals surface area contributed by atoms with E-state index in [2.05, 4.69) is 34.1 Å². The molecule has 1 unspecified atom stereocenters. The molecule has 1 fully saturated rings. The Labute approximate surface area is 144 Å². The Morgan fingerprint density at radius 3 is 2.71 bits per heavy atom. The minimum atomic E-state index is -0.378. The van der Waals surface area contributed by atoms with Crippen molar-refractivity contribution in [3.63, 3.8) is 0 Å². The standard InChI is InChI=1S/C18H28N2O4/c1-13-7-15(8-14(2)18(13)24-12-17(21)22-4)9-19-10-16-11-20(3)5-6-23-16/h7-8,16,19H,5-6,9-12H2,1-4H3. The van der Waals surface area contributed by atoms with Crippen LogP contribution in [0.1, 0.15) is 16.7 Å². The SMILES string of the molecule is COC(=O)COc1c(C)cc(CNCC2CN(C)CCO2)cc1C. The summed E-state index contributed by atoms with van der Waals surface area (Å²) in [6, 6.07) is 4.17. The Kier molecular flexibility index (Phi) is 7.02. The molecule has 0 aromatic heterocycles. The van der Waals surface area contributed by atoms with E-state index >= 15 is 0 Å². The molecule has 0 saturated carbocycles. The van der Waals surface area contributed by atoms with E-state index in [9.17, 15) is 4.79 Å². The number of ether oxygens (including phenoxy) is 3. The van der Waals surface area contributed by atoms with Gasteiger partial charge in [-0.3, -0.25) is 0 Å². The molecule has 134 valence electrons. The third-order valence-electron chi connectivity index (χ3n) is 4.13. The van der Waals surface area contributed by atoms with E-state index in [1.807, 2.05) is 13.8 Å². The van der Waals surface area contributed by atoms with Gasteiger partial charge in [0.25, 0.3) is 0 Å². The van der Waals surface area contributed by atoms with Crippen molar-refractivity contribution in [2.24, 2.45) is 0 Å². The lowest BCUT2D eigenvalue weighted by molar-refractivity contribution is -0.142. The number of hydrogen-bond acceptors (Lipinski definition) is 6. The van der Waals surface area contributed by atoms with Gasteiger partial charge < -0.3 is 24.4 Å². The average Bonchev–Trinajstić information content (AvgIpc) is 2.54. The van der Waals surface area contributed by atoms with E-state index in [-0.39, 0.29) is 18.7 Å². The van der Waals surface area contributed by atoms with Gasteiger partial charge in [0.2, 0.25) is 0 Å². The second-order valence-electron chi connectivity index (χ2n) is 6.31. The molecule has 0 radical (unpaired) electrons. The Bertz CT molecular complexity index is 539. The number of hydrogen-bond donors (Lipinski definition) is 1. The van der Waals surface area contributed by atoms with Crippen LogP contribution in [0.2, 0.25) is 0 Å². The summed E-state index contributed by atoms with van der Waals surface area (Å²) in [6.45, 7) is 8.29. The van der Waals surface area contributed by atoms with Gasteiger partial charge in [-0.25, -0.2) is 4.79 Å². The minimum absolute atomic E-state index is 0.0671. The average molecular weight is 336 g/mol. The maximum atomic E-state index is 11.2. The number of rotatable bonds is 7. The molecule has 6 heteroatoms. The smallest absolute Gasteiger partial charge is 0.343 e. The highest BCUT2D eigenvalue weighted by Gasteiger charge is 2.17. The van der Waals surface area contributed by atoms with Crippen molar-refractivity contribution in [3.8, 4) is 5.75 Å². The molecule has 1 N–H and O–H groups in total. The molecule has 1 aromatic carbocycles. The summed E-state index contributed by atoms with van der Waals surface area (Å²) in [7, 11) is 3.48. The van der Waals surface area contributed by atoms with Crippen LogP contribution in [0, 0.1) is 13.8 Å². The lowest BCUT2D eigenvalue weighted by Crippen LogP contribution is -2.44. The summed E-state index contributed by atoms with van der Waals surface area (Å²) in [6.07, 6.45) is 0.244. The number of methoxy groups -OCH3 is 1. The molecule has 0 bridgehead atoms. The molecule has 1 aromatic rings. The summed E-state index contributed by atoms with van der Waals surface area (Å²) in [5.41, 5.74) is 3.23. The van der Waals surface area contributed by atoms with Crippen LogP contribution >= 0.6 is 0 Å². The number of esters is 1. The second kappa shape index (κ2) is 9.01. The molecule has 1 aliphatic rings. The van der Waals surface area contributed by atoms with Gasteiger partial charge in [-0.05, 0) is 37.6 Å². The molecule has 0 aliphatic carbocycles. The fraction of sp³-hybridized carbons (Fsp3) is 0.611. The lowest BCUT2D eigenvalue weighted by Gasteiger charge is -2.30. The number of likely N-dealkylation sites (N-methyl/N-ethyl adjacent to an activating group) is 1. The van der Waals surface area contributed by atoms with Crippen molar-refractivity contribution in [2.45, 2.75) is 26.5 Å². The van der Waals surface area contributed by atoms with E-state index < -0.39 is 0 Å². The number of nitrogens with zero attached hydrogens (tertiary/aromatic N) is 1. The van der Waals surface area contributed by atoms with E-state index in [4.69, 9.17) is 9.47 Å². The van der Waals surface area contributed by atoms with Crippen LogP contribution in [0.25, 0.3) is 0 Å². The highest BCUT2D eigenvalue weighted by Crippen LogP contribution is 2.24. The zero-order chi connectivity index (χ0) is 17.5. The first-order valence-corrected chi connectivity index (χ1v) is 8.30. The monoisotopic (exact) mass is 336 g/mol. The van der Waals surface area contributed by atoms with Gasteiger partial charge in [-0.1, -0.05) is 12.1 Å². The van der Waals surface area contributed by atoms with E-state index in [0.717, 1.165) is 49.7 Å². The number of carbonyl (C=O) groups excluding carboxylic acids is 1. The van der Waals surface area contributed by atoms with Crippen LogP contribution in [-0.2, 0) is 20.8 Å². The Hall–Kier alpha value is -1.63. The van der Waals surface area contributed by atoms with Crippen LogP contribution in [-0.4, -0.2) is 64.0 Å². The first-order chi connectivity index (χ1) is 11.5. The molecular weight excluding hydrogens is 308 g/mol. The molecule has 0 spiro atoms. The van der Waals surface area contributed by atoms with Crippen LogP contribution in [0.3, 0.4) is 0 Å². The van der Waals surface area contributed by atoms with Crippen molar-refractivity contribution in [3.05, 3.63) is 28.8 Å². The number of morpholine rings is 1. The molecule has 1 aliphatic heterocycles. The van der Waals surface area contributed by atoms with Gasteiger partial charge in [0.05, 0.1) is 19.8 Å². The third kappa shape index (κ3) is 5.47. The third-order valence-corrected chi connectivity index (χ3v) is 4.13. The largest absolute Gasteiger partial charge is 0.481 e. The topological polar surface area (TPSA) is 60.0 Å². The maximum Gasteiger partial charge on any atom is 0.343 e. The second-order valence-corrected chi connectivity index (χ2v) is 6.31. The zero-order valence-electron chi connectivity index (χ0n) is 15.1. The normalized spacial score (nSPS) is 18.4. The van der Waals surface area contributed by atoms with Crippen LogP contribution in [0.5, 0.6) is 5.75 Å². The highest BCUT2D eigenvalue weighted by atomic mass is 16.6. The van der Waals surface area contributed by atoms with E-state index in [1.165, 1.54) is 12.7 Å². The molecule has 1 heterocycles. The minimum Gasteiger partial charge on any atom is -0.481 e. The van der Waals surface area contributed by atoms with Crippen molar-refractivity contribution in [2.75, 3.05) is 47.0 Å². The Balaban J connectivity index is 1.86. The molecule has 2 rings (SSSR count). The Morgan fingerprint density at radius 1 is 1.38 bits per heavy atom. The summed E-state index contributed by atoms with van der Waals surface area (Å²) in [4.78, 5) is 13.5. The fourth-order valence-electron chi connectivity index (χ4n) is 2.93. The van der Waals surface area contributed by atoms with E-state index in [1.54, 1.807) is 0 Å². The van der Waals surface area contributed by atoms with Gasteiger partial charge in [-0.2, -0.15) is 0 Å². The van der Waals surface area contributed by atoms with E-state index in [0.29, 0.717) is 0 Å². The fourth-order valence-corrected chi connectivity index (χ4v) is 2.93. The van der Waals surface area contributed by atoms with Gasteiger partial charge in [0.15, 0.2) is 6.61 Å².